The zero-order valence-electron chi connectivity index (χ0n) is 20.3. The zero-order valence-corrected chi connectivity index (χ0v) is 20.3. The van der Waals surface area contributed by atoms with Gasteiger partial charge in [0.25, 0.3) is 0 Å². The summed E-state index contributed by atoms with van der Waals surface area (Å²) in [6.07, 6.45) is 6.11. The van der Waals surface area contributed by atoms with Crippen LogP contribution in [0.2, 0.25) is 0 Å². The predicted molar refractivity (Wildman–Crippen MR) is 139 cm³/mol. The smallest absolute Gasteiger partial charge is 0.142 e. The van der Waals surface area contributed by atoms with E-state index < -0.39 is 0 Å². The first-order valence-electron chi connectivity index (χ1n) is 12.7. The number of benzene rings is 3. The van der Waals surface area contributed by atoms with Gasteiger partial charge in [-0.3, -0.25) is 4.90 Å². The van der Waals surface area contributed by atoms with Crippen molar-refractivity contribution in [3.05, 3.63) is 89.0 Å². The van der Waals surface area contributed by atoms with Gasteiger partial charge >= 0.3 is 0 Å². The lowest BCUT2D eigenvalue weighted by Gasteiger charge is -2.36. The summed E-state index contributed by atoms with van der Waals surface area (Å²) >= 11 is 0. The summed E-state index contributed by atoms with van der Waals surface area (Å²) in [6.45, 7) is 5.99. The topological polar surface area (TPSA) is 24.9 Å². The number of aryl methyl sites for hydroxylation is 2. The Morgan fingerprint density at radius 1 is 0.765 bits per heavy atom. The molecule has 4 heteroatoms. The first kappa shape index (κ1) is 22.8. The number of anilines is 1. The number of methoxy groups -OCH3 is 1. The van der Waals surface area contributed by atoms with Gasteiger partial charge in [-0.1, -0.05) is 42.5 Å². The van der Waals surface area contributed by atoms with E-state index >= 15 is 0 Å². The molecule has 178 valence electrons. The van der Waals surface area contributed by atoms with E-state index in [-0.39, 0.29) is 0 Å². The van der Waals surface area contributed by atoms with E-state index in [1.165, 1.54) is 53.6 Å². The van der Waals surface area contributed by atoms with Gasteiger partial charge in [-0.15, -0.1) is 0 Å². The maximum Gasteiger partial charge on any atom is 0.142 e. The summed E-state index contributed by atoms with van der Waals surface area (Å²) in [4.78, 5) is 5.01. The Hall–Kier alpha value is -2.98. The molecule has 0 saturated carbocycles. The van der Waals surface area contributed by atoms with E-state index in [1.54, 1.807) is 7.11 Å². The van der Waals surface area contributed by atoms with Crippen LogP contribution in [-0.2, 0) is 25.9 Å². The minimum atomic E-state index is 0.629. The van der Waals surface area contributed by atoms with Gasteiger partial charge in [-0.25, -0.2) is 0 Å². The normalized spacial score (nSPS) is 16.2. The summed E-state index contributed by atoms with van der Waals surface area (Å²) < 4.78 is 11.6. The lowest BCUT2D eigenvalue weighted by molar-refractivity contribution is 0.260. The maximum atomic E-state index is 6.09. The zero-order chi connectivity index (χ0) is 23.2. The van der Waals surface area contributed by atoms with Crippen LogP contribution in [0.4, 0.5) is 5.69 Å². The van der Waals surface area contributed by atoms with Crippen molar-refractivity contribution in [3.8, 4) is 11.5 Å². The van der Waals surface area contributed by atoms with E-state index in [0.29, 0.717) is 6.61 Å². The molecule has 2 aliphatic rings. The van der Waals surface area contributed by atoms with Crippen LogP contribution in [0, 0.1) is 0 Å². The summed E-state index contributed by atoms with van der Waals surface area (Å²) in [5.74, 6) is 1.96. The van der Waals surface area contributed by atoms with Crippen LogP contribution >= 0.6 is 0 Å². The molecule has 1 heterocycles. The highest BCUT2D eigenvalue weighted by molar-refractivity contribution is 5.58. The molecule has 1 saturated heterocycles. The standard InChI is InChI=1S/C30H36N2O2/c1-33-30-9-5-4-8-29(30)32-20-18-31(19-21-32)17-16-24-10-12-25(13-11-24)23-34-28-15-14-26-6-2-3-7-27(26)22-28/h4-5,8-15,22H,2-3,6-7,16-21,23H2,1H3. The third-order valence-corrected chi connectivity index (χ3v) is 7.26. The van der Waals surface area contributed by atoms with Crippen molar-refractivity contribution in [1.29, 1.82) is 0 Å². The molecule has 34 heavy (non-hydrogen) atoms. The Morgan fingerprint density at radius 3 is 2.29 bits per heavy atom. The van der Waals surface area contributed by atoms with E-state index in [9.17, 15) is 0 Å². The van der Waals surface area contributed by atoms with Gasteiger partial charge < -0.3 is 14.4 Å². The molecule has 3 aromatic carbocycles. The molecule has 0 bridgehead atoms. The highest BCUT2D eigenvalue weighted by Gasteiger charge is 2.19. The average molecular weight is 457 g/mol. The molecule has 0 aromatic heterocycles. The third kappa shape index (κ3) is 5.56. The lowest BCUT2D eigenvalue weighted by Crippen LogP contribution is -2.47. The molecule has 0 amide bonds. The van der Waals surface area contributed by atoms with Crippen LogP contribution in [0.15, 0.2) is 66.7 Å². The third-order valence-electron chi connectivity index (χ3n) is 7.26. The van der Waals surface area contributed by atoms with Crippen molar-refractivity contribution < 1.29 is 9.47 Å². The second-order valence-electron chi connectivity index (χ2n) is 9.49. The SMILES string of the molecule is COc1ccccc1N1CCN(CCc2ccc(COc3ccc4c(c3)CCCC4)cc2)CC1. The Balaban J connectivity index is 1.07. The van der Waals surface area contributed by atoms with Gasteiger partial charge in [0.15, 0.2) is 0 Å². The van der Waals surface area contributed by atoms with E-state index in [4.69, 9.17) is 9.47 Å². The second-order valence-corrected chi connectivity index (χ2v) is 9.49. The van der Waals surface area contributed by atoms with Gasteiger partial charge in [0.05, 0.1) is 12.8 Å². The molecule has 1 aliphatic carbocycles. The quantitative estimate of drug-likeness (QED) is 0.446. The van der Waals surface area contributed by atoms with Gasteiger partial charge in [-0.2, -0.15) is 0 Å². The molecule has 0 spiro atoms. The van der Waals surface area contributed by atoms with Gasteiger partial charge in [0.2, 0.25) is 0 Å². The largest absolute Gasteiger partial charge is 0.495 e. The van der Waals surface area contributed by atoms with Crippen molar-refractivity contribution in [2.24, 2.45) is 0 Å². The number of rotatable bonds is 8. The molecule has 1 aliphatic heterocycles. The van der Waals surface area contributed by atoms with Gasteiger partial charge in [-0.05, 0) is 78.6 Å². The molecule has 5 rings (SSSR count). The fourth-order valence-corrected chi connectivity index (χ4v) is 5.16. The summed E-state index contributed by atoms with van der Waals surface area (Å²) in [7, 11) is 1.75. The first-order valence-corrected chi connectivity index (χ1v) is 12.7. The Morgan fingerprint density at radius 2 is 1.50 bits per heavy atom. The first-order chi connectivity index (χ1) is 16.8. The number of nitrogens with zero attached hydrogens (tertiary/aromatic N) is 2. The van der Waals surface area contributed by atoms with Crippen molar-refractivity contribution >= 4 is 5.69 Å². The predicted octanol–water partition coefficient (Wildman–Crippen LogP) is 5.52. The molecule has 4 nitrogen and oxygen atoms in total. The highest BCUT2D eigenvalue weighted by atomic mass is 16.5. The van der Waals surface area contributed by atoms with Crippen LogP contribution in [0.1, 0.15) is 35.1 Å². The summed E-state index contributed by atoms with van der Waals surface area (Å²) in [6, 6.07) is 23.9. The highest BCUT2D eigenvalue weighted by Crippen LogP contribution is 2.28. The molecular formula is C30H36N2O2. The summed E-state index contributed by atoms with van der Waals surface area (Å²) in [5, 5.41) is 0. The van der Waals surface area contributed by atoms with Crippen molar-refractivity contribution in [2.75, 3.05) is 44.7 Å². The molecule has 3 aromatic rings. The van der Waals surface area contributed by atoms with Crippen LogP contribution in [0.3, 0.4) is 0 Å². The van der Waals surface area contributed by atoms with Crippen molar-refractivity contribution in [3.63, 3.8) is 0 Å². The van der Waals surface area contributed by atoms with Crippen LogP contribution in [0.5, 0.6) is 11.5 Å². The Kier molecular flexibility index (Phi) is 7.35. The minimum Gasteiger partial charge on any atom is -0.495 e. The molecular weight excluding hydrogens is 420 g/mol. The number of fused-ring (bicyclic) bond motifs is 1. The van der Waals surface area contributed by atoms with E-state index in [2.05, 4.69) is 64.4 Å². The van der Waals surface area contributed by atoms with Crippen LogP contribution < -0.4 is 14.4 Å². The van der Waals surface area contributed by atoms with Gasteiger partial charge in [0.1, 0.15) is 18.1 Å². The monoisotopic (exact) mass is 456 g/mol. The summed E-state index contributed by atoms with van der Waals surface area (Å²) in [5.41, 5.74) is 6.81. The Labute approximate surface area is 204 Å². The van der Waals surface area contributed by atoms with Crippen molar-refractivity contribution in [1.82, 2.24) is 4.90 Å². The van der Waals surface area contributed by atoms with Crippen LogP contribution in [-0.4, -0.2) is 44.7 Å². The number of hydrogen-bond donors (Lipinski definition) is 0. The molecule has 0 N–H and O–H groups in total. The Bertz CT molecular complexity index is 1070. The van der Waals surface area contributed by atoms with Crippen LogP contribution in [0.25, 0.3) is 0 Å². The molecule has 0 radical (unpaired) electrons. The number of hydrogen-bond acceptors (Lipinski definition) is 4. The average Bonchev–Trinajstić information content (AvgIpc) is 2.91. The number of piperazine rings is 1. The number of para-hydroxylation sites is 2. The van der Waals surface area contributed by atoms with Crippen molar-refractivity contribution in [2.45, 2.75) is 38.7 Å². The van der Waals surface area contributed by atoms with Gasteiger partial charge in [0, 0.05) is 32.7 Å². The number of ether oxygens (including phenoxy) is 2. The molecule has 0 atom stereocenters. The minimum absolute atomic E-state index is 0.629. The second kappa shape index (κ2) is 11.0. The maximum absolute atomic E-state index is 6.09. The van der Waals surface area contributed by atoms with E-state index in [1.807, 2.05) is 12.1 Å². The fourth-order valence-electron chi connectivity index (χ4n) is 5.16. The van der Waals surface area contributed by atoms with E-state index in [0.717, 1.165) is 50.6 Å². The molecule has 1 fully saturated rings. The fraction of sp³-hybridized carbons (Fsp3) is 0.400. The molecule has 0 unspecified atom stereocenters. The lowest BCUT2D eigenvalue weighted by atomic mass is 9.92.